The lowest BCUT2D eigenvalue weighted by Crippen LogP contribution is -2.35. The Morgan fingerprint density at radius 3 is 2.50 bits per heavy atom. The number of hydrogen-bond acceptors (Lipinski definition) is 3. The summed E-state index contributed by atoms with van der Waals surface area (Å²) in [5.74, 6) is 1.11. The lowest BCUT2D eigenvalue weighted by molar-refractivity contribution is -0.120. The van der Waals surface area contributed by atoms with Gasteiger partial charge in [0.1, 0.15) is 0 Å². The maximum absolute atomic E-state index is 11.5. The highest BCUT2D eigenvalue weighted by molar-refractivity contribution is 7.98. The molecule has 1 unspecified atom stereocenters. The van der Waals surface area contributed by atoms with Gasteiger partial charge in [-0.15, -0.1) is 11.8 Å². The van der Waals surface area contributed by atoms with Crippen LogP contribution in [0, 0.1) is 0 Å². The number of hydrogen-bond donors (Lipinski definition) is 2. The van der Waals surface area contributed by atoms with Gasteiger partial charge >= 0.3 is 0 Å². The lowest BCUT2D eigenvalue weighted by atomic mass is 10.2. The van der Waals surface area contributed by atoms with Crippen molar-refractivity contribution in [3.05, 3.63) is 65.7 Å². The molecular weight excluding hydrogens is 292 g/mol. The van der Waals surface area contributed by atoms with Gasteiger partial charge in [-0.1, -0.05) is 42.5 Å². The van der Waals surface area contributed by atoms with E-state index in [9.17, 15) is 4.79 Å². The van der Waals surface area contributed by atoms with Gasteiger partial charge in [0.25, 0.3) is 0 Å². The van der Waals surface area contributed by atoms with Crippen LogP contribution >= 0.6 is 11.8 Å². The highest BCUT2D eigenvalue weighted by Crippen LogP contribution is 2.23. The van der Waals surface area contributed by atoms with E-state index in [2.05, 4.69) is 59.2 Å². The maximum Gasteiger partial charge on any atom is 0.237 e. The van der Waals surface area contributed by atoms with E-state index < -0.39 is 0 Å². The third-order valence-corrected chi connectivity index (χ3v) is 4.86. The van der Waals surface area contributed by atoms with Gasteiger partial charge < -0.3 is 10.6 Å². The summed E-state index contributed by atoms with van der Waals surface area (Å²) < 4.78 is 0. The molecule has 22 heavy (non-hydrogen) atoms. The van der Waals surface area contributed by atoms with Gasteiger partial charge in [0.15, 0.2) is 0 Å². The fraction of sp³-hybridized carbons (Fsp3) is 0.278. The summed E-state index contributed by atoms with van der Waals surface area (Å²) in [7, 11) is 0. The van der Waals surface area contributed by atoms with Gasteiger partial charge in [0, 0.05) is 23.7 Å². The van der Waals surface area contributed by atoms with Crippen molar-refractivity contribution in [1.29, 1.82) is 0 Å². The summed E-state index contributed by atoms with van der Waals surface area (Å²) in [6, 6.07) is 19.0. The zero-order valence-corrected chi connectivity index (χ0v) is 13.2. The monoisotopic (exact) mass is 312 g/mol. The van der Waals surface area contributed by atoms with Gasteiger partial charge in [-0.25, -0.2) is 0 Å². The molecule has 0 spiro atoms. The molecule has 0 radical (unpaired) electrons. The largest absolute Gasteiger partial charge is 0.355 e. The lowest BCUT2D eigenvalue weighted by Gasteiger charge is -2.10. The van der Waals surface area contributed by atoms with E-state index in [0.29, 0.717) is 0 Å². The quantitative estimate of drug-likeness (QED) is 0.806. The molecule has 0 aromatic heterocycles. The second-order valence-electron chi connectivity index (χ2n) is 5.43. The summed E-state index contributed by atoms with van der Waals surface area (Å²) in [4.78, 5) is 12.8. The van der Waals surface area contributed by atoms with Crippen molar-refractivity contribution in [2.24, 2.45) is 0 Å². The number of nitrogens with one attached hydrogen (secondary N) is 2. The van der Waals surface area contributed by atoms with E-state index in [1.54, 1.807) is 0 Å². The van der Waals surface area contributed by atoms with Crippen molar-refractivity contribution >= 4 is 17.7 Å². The fourth-order valence-corrected chi connectivity index (χ4v) is 3.33. The SMILES string of the molecule is O=C1NCCC1NCc1ccc(SCc2ccccc2)cc1. The number of amides is 1. The minimum Gasteiger partial charge on any atom is -0.355 e. The molecule has 2 N–H and O–H groups in total. The number of rotatable bonds is 6. The van der Waals surface area contributed by atoms with E-state index in [0.717, 1.165) is 25.3 Å². The molecule has 2 aromatic rings. The minimum absolute atomic E-state index is 0.0351. The number of carbonyl (C=O) groups excluding carboxylic acids is 1. The van der Waals surface area contributed by atoms with Crippen LogP contribution in [0.25, 0.3) is 0 Å². The van der Waals surface area contributed by atoms with Crippen LogP contribution in [0.3, 0.4) is 0 Å². The van der Waals surface area contributed by atoms with Crippen LogP contribution in [0.2, 0.25) is 0 Å². The molecule has 1 amide bonds. The average Bonchev–Trinajstić information content (AvgIpc) is 2.98. The number of carbonyl (C=O) groups is 1. The molecule has 2 aromatic carbocycles. The Morgan fingerprint density at radius 1 is 1.05 bits per heavy atom. The molecule has 1 atom stereocenters. The summed E-state index contributed by atoms with van der Waals surface area (Å²) >= 11 is 1.84. The second-order valence-corrected chi connectivity index (χ2v) is 6.48. The first-order valence-corrected chi connectivity index (χ1v) is 8.56. The third-order valence-electron chi connectivity index (χ3n) is 3.77. The van der Waals surface area contributed by atoms with Gasteiger partial charge in [-0.2, -0.15) is 0 Å². The smallest absolute Gasteiger partial charge is 0.237 e. The third kappa shape index (κ3) is 4.12. The van der Waals surface area contributed by atoms with E-state index in [1.165, 1.54) is 16.0 Å². The first kappa shape index (κ1) is 15.1. The predicted molar refractivity (Wildman–Crippen MR) is 90.7 cm³/mol. The van der Waals surface area contributed by atoms with Crippen molar-refractivity contribution in [2.75, 3.05) is 6.54 Å². The minimum atomic E-state index is -0.0351. The molecule has 3 nitrogen and oxygen atoms in total. The van der Waals surface area contributed by atoms with Crippen LogP contribution in [-0.2, 0) is 17.1 Å². The number of thioether (sulfide) groups is 1. The molecule has 1 fully saturated rings. The number of benzene rings is 2. The molecule has 1 heterocycles. The Labute approximate surface area is 135 Å². The zero-order valence-electron chi connectivity index (χ0n) is 12.4. The van der Waals surface area contributed by atoms with Crippen molar-refractivity contribution in [1.82, 2.24) is 10.6 Å². The Balaban J connectivity index is 1.48. The molecular formula is C18H20N2OS. The predicted octanol–water partition coefficient (Wildman–Crippen LogP) is 2.96. The van der Waals surface area contributed by atoms with Crippen molar-refractivity contribution in [3.63, 3.8) is 0 Å². The summed E-state index contributed by atoms with van der Waals surface area (Å²) in [6.07, 6.45) is 0.879. The Kier molecular flexibility index (Phi) is 5.14. The first-order chi connectivity index (χ1) is 10.8. The molecule has 1 aliphatic heterocycles. The molecule has 0 saturated carbocycles. The fourth-order valence-electron chi connectivity index (χ4n) is 2.47. The average molecular weight is 312 g/mol. The van der Waals surface area contributed by atoms with Crippen molar-refractivity contribution in [3.8, 4) is 0 Å². The molecule has 0 bridgehead atoms. The molecule has 4 heteroatoms. The van der Waals surface area contributed by atoms with E-state index in [4.69, 9.17) is 0 Å². The Hall–Kier alpha value is -1.78. The zero-order chi connectivity index (χ0) is 15.2. The second kappa shape index (κ2) is 7.47. The van der Waals surface area contributed by atoms with Crippen LogP contribution in [0.4, 0.5) is 0 Å². The van der Waals surface area contributed by atoms with E-state index >= 15 is 0 Å². The molecule has 3 rings (SSSR count). The maximum atomic E-state index is 11.5. The summed E-state index contributed by atoms with van der Waals surface area (Å²) in [6.45, 7) is 1.52. The van der Waals surface area contributed by atoms with Gasteiger partial charge in [0.2, 0.25) is 5.91 Å². The normalized spacial score (nSPS) is 17.5. The van der Waals surface area contributed by atoms with Crippen LogP contribution in [0.15, 0.2) is 59.5 Å². The van der Waals surface area contributed by atoms with E-state index in [-0.39, 0.29) is 11.9 Å². The van der Waals surface area contributed by atoms with Crippen LogP contribution in [0.1, 0.15) is 17.5 Å². The van der Waals surface area contributed by atoms with Crippen LogP contribution < -0.4 is 10.6 Å². The van der Waals surface area contributed by atoms with Crippen molar-refractivity contribution in [2.45, 2.75) is 29.7 Å². The standard InChI is InChI=1S/C18H20N2OS/c21-18-17(10-11-19-18)20-12-14-6-8-16(9-7-14)22-13-15-4-2-1-3-5-15/h1-9,17,20H,10-13H2,(H,19,21). The molecule has 1 aliphatic rings. The van der Waals surface area contributed by atoms with Crippen LogP contribution in [0.5, 0.6) is 0 Å². The summed E-state index contributed by atoms with van der Waals surface area (Å²) in [5, 5.41) is 6.15. The molecule has 0 aliphatic carbocycles. The molecule has 114 valence electrons. The van der Waals surface area contributed by atoms with Crippen molar-refractivity contribution < 1.29 is 4.79 Å². The Bertz CT molecular complexity index is 613. The van der Waals surface area contributed by atoms with Gasteiger partial charge in [-0.05, 0) is 29.7 Å². The van der Waals surface area contributed by atoms with Gasteiger partial charge in [0.05, 0.1) is 6.04 Å². The van der Waals surface area contributed by atoms with Gasteiger partial charge in [-0.3, -0.25) is 4.79 Å². The Morgan fingerprint density at radius 2 is 1.82 bits per heavy atom. The highest BCUT2D eigenvalue weighted by Gasteiger charge is 2.22. The summed E-state index contributed by atoms with van der Waals surface area (Å²) in [5.41, 5.74) is 2.55. The first-order valence-electron chi connectivity index (χ1n) is 7.58. The van der Waals surface area contributed by atoms with E-state index in [1.807, 2.05) is 17.8 Å². The topological polar surface area (TPSA) is 41.1 Å². The molecule has 1 saturated heterocycles. The highest BCUT2D eigenvalue weighted by atomic mass is 32.2. The van der Waals surface area contributed by atoms with Crippen LogP contribution in [-0.4, -0.2) is 18.5 Å².